The van der Waals surface area contributed by atoms with Gasteiger partial charge in [-0.2, -0.15) is 0 Å². The van der Waals surface area contributed by atoms with E-state index in [2.05, 4.69) is 36.5 Å². The van der Waals surface area contributed by atoms with Crippen molar-refractivity contribution in [3.63, 3.8) is 0 Å². The molecule has 3 aromatic rings. The Morgan fingerprint density at radius 3 is 2.32 bits per heavy atom. The van der Waals surface area contributed by atoms with Crippen LogP contribution in [0, 0.1) is 6.92 Å². The third-order valence-corrected chi connectivity index (χ3v) is 8.41. The fourth-order valence-corrected chi connectivity index (χ4v) is 5.88. The largest absolute Gasteiger partial charge is 0.352 e. The molecule has 6 heteroatoms. The van der Waals surface area contributed by atoms with Crippen molar-refractivity contribution in [1.82, 2.24) is 10.2 Å². The Morgan fingerprint density at radius 1 is 0.947 bits per heavy atom. The maximum atomic E-state index is 13.8. The maximum absolute atomic E-state index is 13.8. The van der Waals surface area contributed by atoms with Crippen LogP contribution in [-0.4, -0.2) is 34.6 Å². The van der Waals surface area contributed by atoms with Crippen LogP contribution in [0.1, 0.15) is 55.2 Å². The molecule has 0 saturated heterocycles. The van der Waals surface area contributed by atoms with Gasteiger partial charge in [-0.3, -0.25) is 9.59 Å². The molecule has 4 rings (SSSR count). The summed E-state index contributed by atoms with van der Waals surface area (Å²) in [7, 11) is 0. The average molecular weight is 549 g/mol. The summed E-state index contributed by atoms with van der Waals surface area (Å²) in [5.41, 5.74) is 3.26. The lowest BCUT2D eigenvalue weighted by Crippen LogP contribution is -2.52. The van der Waals surface area contributed by atoms with Crippen LogP contribution >= 0.6 is 23.4 Å². The molecule has 0 unspecified atom stereocenters. The number of aryl methyl sites for hydroxylation is 1. The van der Waals surface area contributed by atoms with Gasteiger partial charge in [0.15, 0.2) is 0 Å². The molecule has 38 heavy (non-hydrogen) atoms. The first kappa shape index (κ1) is 28.3. The van der Waals surface area contributed by atoms with E-state index in [-0.39, 0.29) is 17.9 Å². The van der Waals surface area contributed by atoms with E-state index in [0.717, 1.165) is 58.9 Å². The van der Waals surface area contributed by atoms with Crippen molar-refractivity contribution in [3.8, 4) is 0 Å². The summed E-state index contributed by atoms with van der Waals surface area (Å²) in [4.78, 5) is 30.4. The molecule has 0 aromatic heterocycles. The molecule has 3 aromatic carbocycles. The number of hydrogen-bond donors (Lipinski definition) is 1. The normalized spacial score (nSPS) is 14.3. The second-order valence-electron chi connectivity index (χ2n) is 10.1. The SMILES string of the molecule is Cc1ccc(CN(C(=O)CCCSc2ccc(Cl)cc2)[C@@H](Cc2ccccc2)C(=O)NC2CCCC2)cc1. The van der Waals surface area contributed by atoms with Crippen LogP contribution < -0.4 is 5.32 Å². The molecule has 0 bridgehead atoms. The van der Waals surface area contributed by atoms with Gasteiger partial charge in [-0.25, -0.2) is 0 Å². The predicted molar refractivity (Wildman–Crippen MR) is 157 cm³/mol. The highest BCUT2D eigenvalue weighted by Gasteiger charge is 2.31. The molecule has 2 amide bonds. The average Bonchev–Trinajstić information content (AvgIpc) is 3.44. The van der Waals surface area contributed by atoms with E-state index < -0.39 is 6.04 Å². The van der Waals surface area contributed by atoms with Crippen LogP contribution in [0.15, 0.2) is 83.8 Å². The molecule has 0 radical (unpaired) electrons. The third-order valence-electron chi connectivity index (χ3n) is 7.06. The summed E-state index contributed by atoms with van der Waals surface area (Å²) in [5, 5.41) is 3.99. The summed E-state index contributed by atoms with van der Waals surface area (Å²) in [6.07, 6.45) is 5.94. The Morgan fingerprint density at radius 2 is 1.63 bits per heavy atom. The quantitative estimate of drug-likeness (QED) is 0.192. The van der Waals surface area contributed by atoms with Gasteiger partial charge < -0.3 is 10.2 Å². The van der Waals surface area contributed by atoms with Crippen LogP contribution in [-0.2, 0) is 22.6 Å². The first-order chi connectivity index (χ1) is 18.5. The van der Waals surface area contributed by atoms with Gasteiger partial charge in [-0.05, 0) is 67.3 Å². The minimum atomic E-state index is -0.560. The summed E-state index contributed by atoms with van der Waals surface area (Å²) >= 11 is 7.72. The van der Waals surface area contributed by atoms with Crippen molar-refractivity contribution in [3.05, 3.63) is 101 Å². The highest BCUT2D eigenvalue weighted by atomic mass is 35.5. The van der Waals surface area contributed by atoms with Crippen molar-refractivity contribution in [2.75, 3.05) is 5.75 Å². The highest BCUT2D eigenvalue weighted by Crippen LogP contribution is 2.23. The number of nitrogens with zero attached hydrogens (tertiary/aromatic N) is 1. The number of halogens is 1. The summed E-state index contributed by atoms with van der Waals surface area (Å²) in [6.45, 7) is 2.47. The molecule has 0 aliphatic heterocycles. The number of hydrogen-bond acceptors (Lipinski definition) is 3. The lowest BCUT2D eigenvalue weighted by molar-refractivity contribution is -0.141. The lowest BCUT2D eigenvalue weighted by atomic mass is 10.0. The van der Waals surface area contributed by atoms with Gasteiger partial charge in [0, 0.05) is 35.3 Å². The molecule has 1 atom stereocenters. The fraction of sp³-hybridized carbons (Fsp3) is 0.375. The van der Waals surface area contributed by atoms with Crippen molar-refractivity contribution in [2.45, 2.75) is 75.4 Å². The first-order valence-electron chi connectivity index (χ1n) is 13.6. The van der Waals surface area contributed by atoms with Gasteiger partial charge in [0.1, 0.15) is 6.04 Å². The zero-order valence-corrected chi connectivity index (χ0v) is 23.6. The summed E-state index contributed by atoms with van der Waals surface area (Å²) in [5.74, 6) is 0.796. The number of amides is 2. The summed E-state index contributed by atoms with van der Waals surface area (Å²) < 4.78 is 0. The number of rotatable bonds is 12. The van der Waals surface area contributed by atoms with Crippen LogP contribution in [0.5, 0.6) is 0 Å². The molecule has 0 heterocycles. The Bertz CT molecular complexity index is 1160. The van der Waals surface area contributed by atoms with Crippen molar-refractivity contribution >= 4 is 35.2 Å². The smallest absolute Gasteiger partial charge is 0.243 e. The maximum Gasteiger partial charge on any atom is 0.243 e. The van der Waals surface area contributed by atoms with Crippen molar-refractivity contribution < 1.29 is 9.59 Å². The van der Waals surface area contributed by atoms with Crippen LogP contribution in [0.3, 0.4) is 0 Å². The van der Waals surface area contributed by atoms with E-state index in [4.69, 9.17) is 11.6 Å². The zero-order valence-electron chi connectivity index (χ0n) is 22.1. The number of benzene rings is 3. The molecule has 200 valence electrons. The van der Waals surface area contributed by atoms with Gasteiger partial charge in [0.05, 0.1) is 0 Å². The number of carbonyl (C=O) groups is 2. The van der Waals surface area contributed by atoms with Crippen LogP contribution in [0.2, 0.25) is 5.02 Å². The number of thioether (sulfide) groups is 1. The number of carbonyl (C=O) groups excluding carboxylic acids is 2. The highest BCUT2D eigenvalue weighted by molar-refractivity contribution is 7.99. The Kier molecular flexibility index (Phi) is 10.7. The molecular formula is C32H37ClN2O2S. The van der Waals surface area contributed by atoms with Crippen LogP contribution in [0.25, 0.3) is 0 Å². The minimum absolute atomic E-state index is 0.0183. The Labute approximate surface area is 236 Å². The van der Waals surface area contributed by atoms with Gasteiger partial charge in [-0.15, -0.1) is 11.8 Å². The predicted octanol–water partition coefficient (Wildman–Crippen LogP) is 7.22. The van der Waals surface area contributed by atoms with E-state index in [1.54, 1.807) is 11.8 Å². The fourth-order valence-electron chi connectivity index (χ4n) is 4.90. The van der Waals surface area contributed by atoms with Gasteiger partial charge in [0.25, 0.3) is 0 Å². The standard InChI is InChI=1S/C32H37ClN2O2S/c1-24-13-15-26(16-14-24)23-35(31(36)12-7-21-38-29-19-17-27(33)18-20-29)30(22-25-8-3-2-4-9-25)32(37)34-28-10-5-6-11-28/h2-4,8-9,13-20,28,30H,5-7,10-12,21-23H2,1H3,(H,34,37)/t30-/m0/s1. The Balaban J connectivity index is 1.50. The second kappa shape index (κ2) is 14.4. The van der Waals surface area contributed by atoms with Crippen molar-refractivity contribution in [2.24, 2.45) is 0 Å². The molecule has 0 spiro atoms. The molecule has 1 aliphatic rings. The molecule has 1 fully saturated rings. The monoisotopic (exact) mass is 548 g/mol. The topological polar surface area (TPSA) is 49.4 Å². The minimum Gasteiger partial charge on any atom is -0.352 e. The van der Waals surface area contributed by atoms with E-state index in [1.807, 2.05) is 59.5 Å². The van der Waals surface area contributed by atoms with E-state index in [9.17, 15) is 9.59 Å². The van der Waals surface area contributed by atoms with Crippen molar-refractivity contribution in [1.29, 1.82) is 0 Å². The molecule has 1 aliphatic carbocycles. The molecule has 1 N–H and O–H groups in total. The number of nitrogens with one attached hydrogen (secondary N) is 1. The lowest BCUT2D eigenvalue weighted by Gasteiger charge is -2.32. The van der Waals surface area contributed by atoms with E-state index >= 15 is 0 Å². The van der Waals surface area contributed by atoms with Crippen LogP contribution in [0.4, 0.5) is 0 Å². The van der Waals surface area contributed by atoms with E-state index in [1.165, 1.54) is 5.56 Å². The Hall–Kier alpha value is -2.76. The van der Waals surface area contributed by atoms with Gasteiger partial charge in [0.2, 0.25) is 11.8 Å². The van der Waals surface area contributed by atoms with Gasteiger partial charge >= 0.3 is 0 Å². The summed E-state index contributed by atoms with van der Waals surface area (Å²) in [6, 6.07) is 25.7. The molecule has 1 saturated carbocycles. The molecule has 4 nitrogen and oxygen atoms in total. The zero-order chi connectivity index (χ0) is 26.7. The second-order valence-corrected chi connectivity index (χ2v) is 11.7. The molecular weight excluding hydrogens is 512 g/mol. The van der Waals surface area contributed by atoms with E-state index in [0.29, 0.717) is 19.4 Å². The third kappa shape index (κ3) is 8.64. The van der Waals surface area contributed by atoms with Gasteiger partial charge in [-0.1, -0.05) is 84.6 Å². The first-order valence-corrected chi connectivity index (χ1v) is 14.9.